The molecule has 2 aliphatic rings. The third kappa shape index (κ3) is 10.6. The van der Waals surface area contributed by atoms with Gasteiger partial charge in [-0.1, -0.05) is 122 Å². The molecule has 0 unspecified atom stereocenters. The molecule has 0 bridgehead atoms. The van der Waals surface area contributed by atoms with E-state index in [4.69, 9.17) is 25.8 Å². The Kier molecular flexibility index (Phi) is 13.8. The summed E-state index contributed by atoms with van der Waals surface area (Å²) in [5, 5.41) is 27.6. The van der Waals surface area contributed by atoms with Gasteiger partial charge < -0.3 is 40.0 Å². The van der Waals surface area contributed by atoms with Crippen LogP contribution in [-0.4, -0.2) is 66.0 Å². The van der Waals surface area contributed by atoms with Gasteiger partial charge in [-0.05, 0) is 76.1 Å². The SMILES string of the molecule is COC(=O)[C@H](Cc1ccccc1)NC(=O)NCc1cccc(-c2cccc([C@H]3O[C@@H](CN4CCC(O)(c5ccc(Cl)cc5)CC4)[C@@H](C)[C@@H](c4ccc(CO)cc4)O3)c2)c1. The molecule has 2 heterocycles. The summed E-state index contributed by atoms with van der Waals surface area (Å²) in [5.41, 5.74) is 6.43. The Morgan fingerprint density at radius 1 is 0.831 bits per heavy atom. The first kappa shape index (κ1) is 42.1. The van der Waals surface area contributed by atoms with Crippen molar-refractivity contribution >= 4 is 23.6 Å². The molecule has 308 valence electrons. The molecule has 2 aliphatic heterocycles. The molecule has 2 fully saturated rings. The Morgan fingerprint density at radius 3 is 2.20 bits per heavy atom. The molecule has 11 heteroatoms. The molecule has 59 heavy (non-hydrogen) atoms. The second kappa shape index (κ2) is 19.3. The number of urea groups is 1. The number of methoxy groups -OCH3 is 1. The third-order valence-electron chi connectivity index (χ3n) is 11.6. The number of aliphatic hydroxyl groups excluding tert-OH is 1. The minimum Gasteiger partial charge on any atom is -0.467 e. The van der Waals surface area contributed by atoms with Crippen molar-refractivity contribution in [2.45, 2.75) is 69.5 Å². The maximum Gasteiger partial charge on any atom is 0.328 e. The van der Waals surface area contributed by atoms with Gasteiger partial charge in [-0.2, -0.15) is 0 Å². The first-order valence-electron chi connectivity index (χ1n) is 20.2. The van der Waals surface area contributed by atoms with Crippen LogP contribution < -0.4 is 10.6 Å². The quantitative estimate of drug-likeness (QED) is 0.0885. The molecule has 0 radical (unpaired) electrons. The van der Waals surface area contributed by atoms with Crippen LogP contribution in [0.3, 0.4) is 0 Å². The second-order valence-corrected chi connectivity index (χ2v) is 16.0. The number of rotatable bonds is 13. The number of amides is 2. The molecule has 0 saturated carbocycles. The van der Waals surface area contributed by atoms with Gasteiger partial charge in [0.2, 0.25) is 0 Å². The van der Waals surface area contributed by atoms with Crippen LogP contribution in [0.15, 0.2) is 127 Å². The van der Waals surface area contributed by atoms with Crippen molar-refractivity contribution in [1.29, 1.82) is 0 Å². The smallest absolute Gasteiger partial charge is 0.328 e. The molecule has 5 aromatic carbocycles. The van der Waals surface area contributed by atoms with Crippen LogP contribution in [0.1, 0.15) is 65.5 Å². The number of piperidine rings is 1. The van der Waals surface area contributed by atoms with Gasteiger partial charge in [0.25, 0.3) is 0 Å². The van der Waals surface area contributed by atoms with Crippen LogP contribution in [0, 0.1) is 5.92 Å². The maximum absolute atomic E-state index is 13.0. The van der Waals surface area contributed by atoms with Gasteiger partial charge in [-0.25, -0.2) is 9.59 Å². The molecule has 5 aromatic rings. The molecule has 0 aromatic heterocycles. The normalized spacial score (nSPS) is 21.0. The highest BCUT2D eigenvalue weighted by Crippen LogP contribution is 2.43. The summed E-state index contributed by atoms with van der Waals surface area (Å²) in [6.07, 6.45) is 0.426. The highest BCUT2D eigenvalue weighted by Gasteiger charge is 2.41. The number of hydrogen-bond acceptors (Lipinski definition) is 8. The first-order valence-corrected chi connectivity index (χ1v) is 20.6. The maximum atomic E-state index is 13.0. The minimum atomic E-state index is -0.904. The van der Waals surface area contributed by atoms with E-state index in [1.54, 1.807) is 0 Å². The first-order chi connectivity index (χ1) is 28.6. The zero-order valence-corrected chi connectivity index (χ0v) is 34.2. The molecule has 4 N–H and O–H groups in total. The Balaban J connectivity index is 1.04. The van der Waals surface area contributed by atoms with Crippen molar-refractivity contribution in [3.63, 3.8) is 0 Å². The number of carbonyl (C=O) groups is 2. The Morgan fingerprint density at radius 2 is 1.51 bits per heavy atom. The largest absolute Gasteiger partial charge is 0.467 e. The molecular weight excluding hydrogens is 766 g/mol. The monoisotopic (exact) mass is 817 g/mol. The fourth-order valence-corrected chi connectivity index (χ4v) is 8.17. The van der Waals surface area contributed by atoms with E-state index in [2.05, 4.69) is 28.5 Å². The van der Waals surface area contributed by atoms with E-state index in [9.17, 15) is 19.8 Å². The van der Waals surface area contributed by atoms with Crippen molar-refractivity contribution in [1.82, 2.24) is 15.5 Å². The van der Waals surface area contributed by atoms with Gasteiger partial charge in [0.1, 0.15) is 6.04 Å². The van der Waals surface area contributed by atoms with Crippen LogP contribution in [0.25, 0.3) is 11.1 Å². The average Bonchev–Trinajstić information content (AvgIpc) is 3.27. The summed E-state index contributed by atoms with van der Waals surface area (Å²) < 4.78 is 18.6. The highest BCUT2D eigenvalue weighted by atomic mass is 35.5. The van der Waals surface area contributed by atoms with Gasteiger partial charge in [-0.15, -0.1) is 0 Å². The van der Waals surface area contributed by atoms with Gasteiger partial charge in [-0.3, -0.25) is 0 Å². The summed E-state index contributed by atoms with van der Waals surface area (Å²) in [7, 11) is 1.31. The van der Waals surface area contributed by atoms with Crippen molar-refractivity contribution in [2.75, 3.05) is 26.7 Å². The average molecular weight is 818 g/mol. The van der Waals surface area contributed by atoms with Crippen LogP contribution in [0.2, 0.25) is 5.02 Å². The lowest BCUT2D eigenvalue weighted by Gasteiger charge is -2.45. The van der Waals surface area contributed by atoms with E-state index in [0.29, 0.717) is 30.8 Å². The summed E-state index contributed by atoms with van der Waals surface area (Å²) in [6.45, 7) is 4.49. The van der Waals surface area contributed by atoms with Crippen LogP contribution in [0.5, 0.6) is 0 Å². The number of likely N-dealkylation sites (tertiary alicyclic amines) is 1. The lowest BCUT2D eigenvalue weighted by molar-refractivity contribution is -0.277. The van der Waals surface area contributed by atoms with Crippen molar-refractivity contribution in [3.05, 3.63) is 166 Å². The van der Waals surface area contributed by atoms with Crippen LogP contribution in [0.4, 0.5) is 4.79 Å². The second-order valence-electron chi connectivity index (χ2n) is 15.6. The molecule has 0 aliphatic carbocycles. The number of nitrogens with one attached hydrogen (secondary N) is 2. The summed E-state index contributed by atoms with van der Waals surface area (Å²) in [5.74, 6) is -0.507. The van der Waals surface area contributed by atoms with Crippen molar-refractivity contribution < 1.29 is 34.0 Å². The Hall–Kier alpha value is -5.07. The molecule has 7 rings (SSSR count). The van der Waals surface area contributed by atoms with E-state index < -0.39 is 29.9 Å². The van der Waals surface area contributed by atoms with Gasteiger partial charge in [0, 0.05) is 49.1 Å². The van der Waals surface area contributed by atoms with Gasteiger partial charge >= 0.3 is 12.0 Å². The van der Waals surface area contributed by atoms with E-state index in [1.807, 2.05) is 121 Å². The van der Waals surface area contributed by atoms with Gasteiger partial charge in [0.15, 0.2) is 6.29 Å². The molecule has 10 nitrogen and oxygen atoms in total. The van der Waals surface area contributed by atoms with Crippen LogP contribution in [-0.2, 0) is 44.2 Å². The molecular formula is C48H52ClN3O7. The fourth-order valence-electron chi connectivity index (χ4n) is 8.04. The molecule has 5 atom stereocenters. The molecule has 2 saturated heterocycles. The molecule has 0 spiro atoms. The highest BCUT2D eigenvalue weighted by molar-refractivity contribution is 6.30. The number of hydrogen-bond donors (Lipinski definition) is 4. The Bertz CT molecular complexity index is 2160. The molecule has 2 amide bonds. The van der Waals surface area contributed by atoms with E-state index in [1.165, 1.54) is 7.11 Å². The van der Waals surface area contributed by atoms with Crippen molar-refractivity contribution in [3.8, 4) is 11.1 Å². The van der Waals surface area contributed by atoms with E-state index in [-0.39, 0.29) is 31.3 Å². The van der Waals surface area contributed by atoms with Crippen LogP contribution >= 0.6 is 11.6 Å². The standard InChI is InChI=1S/C48H52ClN3O7/c1-32-43(30-52-24-22-48(56,23-25-52)40-18-20-41(49)21-19-40)58-46(59-44(32)36-16-14-34(31-53)15-17-36)39-13-7-12-38(28-39)37-11-6-10-35(26-37)29-50-47(55)51-42(45(54)57-2)27-33-8-4-3-5-9-33/h3-21,26,28,32,42-44,46,53,56H,22-25,27,29-31H2,1-2H3,(H2,50,51,55)/t32-,42+,43+,44+,46+/m1/s1. The summed E-state index contributed by atoms with van der Waals surface area (Å²) >= 11 is 6.13. The van der Waals surface area contributed by atoms with E-state index in [0.717, 1.165) is 57.6 Å². The topological polar surface area (TPSA) is 130 Å². The number of nitrogens with zero attached hydrogens (tertiary/aromatic N) is 1. The predicted molar refractivity (Wildman–Crippen MR) is 227 cm³/mol. The van der Waals surface area contributed by atoms with Gasteiger partial charge in [0.05, 0.1) is 31.5 Å². The summed E-state index contributed by atoms with van der Waals surface area (Å²) in [4.78, 5) is 27.8. The Labute approximate surface area is 351 Å². The number of ether oxygens (including phenoxy) is 3. The lowest BCUT2D eigenvalue weighted by atomic mass is 9.84. The number of esters is 1. The number of carbonyl (C=O) groups excluding carboxylic acids is 2. The number of aliphatic hydroxyl groups is 2. The lowest BCUT2D eigenvalue weighted by Crippen LogP contribution is -2.49. The van der Waals surface area contributed by atoms with E-state index >= 15 is 0 Å². The fraction of sp³-hybridized carbons (Fsp3) is 0.333. The minimum absolute atomic E-state index is 0.00843. The third-order valence-corrected chi connectivity index (χ3v) is 11.8. The number of halogens is 1. The zero-order chi connectivity index (χ0) is 41.4. The number of benzene rings is 5. The van der Waals surface area contributed by atoms with Crippen molar-refractivity contribution in [2.24, 2.45) is 5.92 Å². The zero-order valence-electron chi connectivity index (χ0n) is 33.4. The summed E-state index contributed by atoms with van der Waals surface area (Å²) in [6, 6.07) is 39.6. The predicted octanol–water partition coefficient (Wildman–Crippen LogP) is 7.86.